The second kappa shape index (κ2) is 7.48. The van der Waals surface area contributed by atoms with Crippen LogP contribution in [0.15, 0.2) is 35.5 Å². The van der Waals surface area contributed by atoms with Gasteiger partial charge < -0.3 is 9.88 Å². The third kappa shape index (κ3) is 4.14. The molecule has 0 aliphatic heterocycles. The van der Waals surface area contributed by atoms with Crippen molar-refractivity contribution < 1.29 is 9.59 Å². The van der Waals surface area contributed by atoms with E-state index >= 15 is 0 Å². The average molecular weight is 345 g/mol. The highest BCUT2D eigenvalue weighted by atomic mass is 32.2. The van der Waals surface area contributed by atoms with Crippen molar-refractivity contribution in [2.24, 2.45) is 0 Å². The molecule has 7 nitrogen and oxygen atoms in total. The van der Waals surface area contributed by atoms with Crippen LogP contribution in [0.4, 0.5) is 4.79 Å². The zero-order valence-corrected chi connectivity index (χ0v) is 14.2. The fraction of sp³-hybridized carbons (Fsp3) is 0.375. The number of hydrogen-bond acceptors (Lipinski definition) is 5. The van der Waals surface area contributed by atoms with Crippen LogP contribution in [0.2, 0.25) is 0 Å². The third-order valence-electron chi connectivity index (χ3n) is 3.56. The van der Waals surface area contributed by atoms with Crippen molar-refractivity contribution in [3.8, 4) is 11.4 Å². The molecule has 0 unspecified atom stereocenters. The summed E-state index contributed by atoms with van der Waals surface area (Å²) in [7, 11) is 0. The minimum absolute atomic E-state index is 0.116. The van der Waals surface area contributed by atoms with Gasteiger partial charge in [-0.1, -0.05) is 42.1 Å². The summed E-state index contributed by atoms with van der Waals surface area (Å²) in [6, 6.07) is 9.58. The quantitative estimate of drug-likeness (QED) is 0.782. The summed E-state index contributed by atoms with van der Waals surface area (Å²) < 4.78 is 1.96. The lowest BCUT2D eigenvalue weighted by molar-refractivity contribution is -0.117. The number of urea groups is 1. The standard InChI is InChI=1S/C16H19N5O2S/c1-2-21-14(11-6-4-3-5-7-11)19-20-16(21)24-10-13(22)18-15(23)17-12-8-9-12/h3-7,12H,2,8-10H2,1H3,(H2,17,18,22,23). The van der Waals surface area contributed by atoms with Crippen LogP contribution in [-0.2, 0) is 11.3 Å². The van der Waals surface area contributed by atoms with E-state index in [1.807, 2.05) is 41.8 Å². The maximum absolute atomic E-state index is 11.9. The van der Waals surface area contributed by atoms with E-state index in [1.165, 1.54) is 11.8 Å². The smallest absolute Gasteiger partial charge is 0.321 e. The summed E-state index contributed by atoms with van der Waals surface area (Å²) in [5.41, 5.74) is 0.979. The van der Waals surface area contributed by atoms with Crippen LogP contribution in [0, 0.1) is 0 Å². The van der Waals surface area contributed by atoms with Crippen molar-refractivity contribution in [2.45, 2.75) is 37.5 Å². The van der Waals surface area contributed by atoms with Gasteiger partial charge >= 0.3 is 6.03 Å². The second-order valence-electron chi connectivity index (χ2n) is 5.50. The van der Waals surface area contributed by atoms with Gasteiger partial charge in [-0.2, -0.15) is 0 Å². The number of carbonyl (C=O) groups excluding carboxylic acids is 2. The molecule has 1 aliphatic carbocycles. The van der Waals surface area contributed by atoms with Crippen molar-refractivity contribution in [2.75, 3.05) is 5.75 Å². The number of nitrogens with one attached hydrogen (secondary N) is 2. The first-order valence-corrected chi connectivity index (χ1v) is 8.87. The molecule has 0 bridgehead atoms. The Labute approximate surface area is 144 Å². The Balaban J connectivity index is 1.59. The molecule has 0 atom stereocenters. The van der Waals surface area contributed by atoms with Crippen LogP contribution >= 0.6 is 11.8 Å². The van der Waals surface area contributed by atoms with Gasteiger partial charge in [-0.05, 0) is 19.8 Å². The summed E-state index contributed by atoms with van der Waals surface area (Å²) in [5, 5.41) is 14.1. The molecule has 126 valence electrons. The second-order valence-corrected chi connectivity index (χ2v) is 6.44. The first-order chi connectivity index (χ1) is 11.7. The van der Waals surface area contributed by atoms with E-state index in [9.17, 15) is 9.59 Å². The van der Waals surface area contributed by atoms with Crippen LogP contribution in [0.1, 0.15) is 19.8 Å². The Morgan fingerprint density at radius 3 is 2.67 bits per heavy atom. The minimum atomic E-state index is -0.426. The van der Waals surface area contributed by atoms with Crippen molar-refractivity contribution in [1.29, 1.82) is 0 Å². The molecule has 2 N–H and O–H groups in total. The molecule has 0 saturated heterocycles. The number of amides is 3. The van der Waals surface area contributed by atoms with Crippen LogP contribution < -0.4 is 10.6 Å². The minimum Gasteiger partial charge on any atom is -0.335 e. The van der Waals surface area contributed by atoms with Gasteiger partial charge in [-0.15, -0.1) is 10.2 Å². The molecule has 8 heteroatoms. The number of nitrogens with zero attached hydrogens (tertiary/aromatic N) is 3. The lowest BCUT2D eigenvalue weighted by Gasteiger charge is -2.07. The molecular weight excluding hydrogens is 326 g/mol. The van der Waals surface area contributed by atoms with Gasteiger partial charge in [-0.25, -0.2) is 4.79 Å². The van der Waals surface area contributed by atoms with Crippen LogP contribution in [-0.4, -0.2) is 38.5 Å². The maximum atomic E-state index is 11.9. The van der Waals surface area contributed by atoms with Crippen LogP contribution in [0.3, 0.4) is 0 Å². The highest BCUT2D eigenvalue weighted by Crippen LogP contribution is 2.23. The van der Waals surface area contributed by atoms with Crippen LogP contribution in [0.25, 0.3) is 11.4 Å². The number of hydrogen-bond donors (Lipinski definition) is 2. The van der Waals surface area contributed by atoms with E-state index in [2.05, 4.69) is 20.8 Å². The molecule has 1 saturated carbocycles. The van der Waals surface area contributed by atoms with E-state index in [4.69, 9.17) is 0 Å². The van der Waals surface area contributed by atoms with E-state index in [-0.39, 0.29) is 17.7 Å². The fourth-order valence-electron chi connectivity index (χ4n) is 2.22. The maximum Gasteiger partial charge on any atom is 0.321 e. The van der Waals surface area contributed by atoms with E-state index in [0.29, 0.717) is 11.7 Å². The van der Waals surface area contributed by atoms with Gasteiger partial charge in [-0.3, -0.25) is 10.1 Å². The lowest BCUT2D eigenvalue weighted by Crippen LogP contribution is -2.41. The number of benzene rings is 1. The third-order valence-corrected chi connectivity index (χ3v) is 4.53. The van der Waals surface area contributed by atoms with Gasteiger partial charge in [0.2, 0.25) is 5.91 Å². The van der Waals surface area contributed by atoms with Gasteiger partial charge in [0.25, 0.3) is 0 Å². The molecule has 1 heterocycles. The molecular formula is C16H19N5O2S. The monoisotopic (exact) mass is 345 g/mol. The average Bonchev–Trinajstić information content (AvgIpc) is 3.29. The molecule has 1 aromatic carbocycles. The Kier molecular flexibility index (Phi) is 5.14. The largest absolute Gasteiger partial charge is 0.335 e. The summed E-state index contributed by atoms with van der Waals surface area (Å²) in [5.74, 6) is 0.544. The van der Waals surface area contributed by atoms with Gasteiger partial charge in [0, 0.05) is 18.2 Å². The normalized spacial score (nSPS) is 13.5. The van der Waals surface area contributed by atoms with Crippen LogP contribution in [0.5, 0.6) is 0 Å². The molecule has 1 aromatic heterocycles. The summed E-state index contributed by atoms with van der Waals surface area (Å²) in [6.07, 6.45) is 1.97. The topological polar surface area (TPSA) is 88.9 Å². The molecule has 3 amide bonds. The van der Waals surface area contributed by atoms with Crippen molar-refractivity contribution in [3.63, 3.8) is 0 Å². The highest BCUT2D eigenvalue weighted by molar-refractivity contribution is 7.99. The number of imide groups is 1. The summed E-state index contributed by atoms with van der Waals surface area (Å²) >= 11 is 1.27. The van der Waals surface area contributed by atoms with Crippen molar-refractivity contribution in [3.05, 3.63) is 30.3 Å². The fourth-order valence-corrected chi connectivity index (χ4v) is 3.03. The highest BCUT2D eigenvalue weighted by Gasteiger charge is 2.24. The molecule has 1 aliphatic rings. The zero-order valence-electron chi connectivity index (χ0n) is 13.4. The first kappa shape index (κ1) is 16.5. The summed E-state index contributed by atoms with van der Waals surface area (Å²) in [4.78, 5) is 23.4. The zero-order chi connectivity index (χ0) is 16.9. The van der Waals surface area contributed by atoms with Gasteiger partial charge in [0.15, 0.2) is 11.0 Å². The van der Waals surface area contributed by atoms with Crippen molar-refractivity contribution >= 4 is 23.7 Å². The predicted octanol–water partition coefficient (Wildman–Crippen LogP) is 2.05. The number of thioether (sulfide) groups is 1. The Morgan fingerprint density at radius 2 is 2.00 bits per heavy atom. The Hall–Kier alpha value is -2.35. The molecule has 2 aromatic rings. The summed E-state index contributed by atoms with van der Waals surface area (Å²) in [6.45, 7) is 2.70. The molecule has 3 rings (SSSR count). The molecule has 24 heavy (non-hydrogen) atoms. The number of rotatable bonds is 6. The number of aromatic nitrogens is 3. The SMILES string of the molecule is CCn1c(SCC(=O)NC(=O)NC2CC2)nnc1-c1ccccc1. The Morgan fingerprint density at radius 1 is 1.25 bits per heavy atom. The number of carbonyl (C=O) groups is 2. The molecule has 0 radical (unpaired) electrons. The predicted molar refractivity (Wildman–Crippen MR) is 91.6 cm³/mol. The first-order valence-electron chi connectivity index (χ1n) is 7.89. The molecule has 1 fully saturated rings. The van der Waals surface area contributed by atoms with Crippen molar-refractivity contribution in [1.82, 2.24) is 25.4 Å². The molecule has 0 spiro atoms. The van der Waals surface area contributed by atoms with E-state index in [0.717, 1.165) is 24.2 Å². The Bertz CT molecular complexity index is 727. The van der Waals surface area contributed by atoms with Gasteiger partial charge in [0.1, 0.15) is 0 Å². The van der Waals surface area contributed by atoms with E-state index < -0.39 is 6.03 Å². The van der Waals surface area contributed by atoms with E-state index in [1.54, 1.807) is 0 Å². The van der Waals surface area contributed by atoms with Gasteiger partial charge in [0.05, 0.1) is 5.75 Å². The lowest BCUT2D eigenvalue weighted by atomic mass is 10.2.